The van der Waals surface area contributed by atoms with Gasteiger partial charge in [-0.1, -0.05) is 45.9 Å². The van der Waals surface area contributed by atoms with E-state index in [-0.39, 0.29) is 41.4 Å². The molecule has 214 valence electrons. The van der Waals surface area contributed by atoms with Gasteiger partial charge in [0.25, 0.3) is 5.91 Å². The van der Waals surface area contributed by atoms with Crippen molar-refractivity contribution < 1.29 is 23.6 Å². The average Bonchev–Trinajstić information content (AvgIpc) is 3.29. The lowest BCUT2D eigenvalue weighted by atomic mass is 9.43. The monoisotopic (exact) mass is 547 g/mol. The van der Waals surface area contributed by atoms with Gasteiger partial charge in [-0.15, -0.1) is 0 Å². The van der Waals surface area contributed by atoms with E-state index in [4.69, 9.17) is 19.8 Å². The first-order valence-electron chi connectivity index (χ1n) is 14.5. The van der Waals surface area contributed by atoms with Crippen molar-refractivity contribution in [2.75, 3.05) is 6.54 Å². The Morgan fingerprint density at radius 1 is 1.02 bits per heavy atom. The normalized spacial score (nSPS) is 27.8. The number of rotatable bonds is 10. The van der Waals surface area contributed by atoms with E-state index in [9.17, 15) is 9.59 Å². The number of nitrogens with one attached hydrogen (secondary N) is 2. The predicted molar refractivity (Wildman–Crippen MR) is 155 cm³/mol. The summed E-state index contributed by atoms with van der Waals surface area (Å²) in [6.07, 6.45) is 2.86. The van der Waals surface area contributed by atoms with Gasteiger partial charge in [-0.3, -0.25) is 9.59 Å². The number of carbonyl (C=O) groups excluding carboxylic acids is 2. The summed E-state index contributed by atoms with van der Waals surface area (Å²) in [6, 6.07) is 15.3. The third kappa shape index (κ3) is 5.51. The third-order valence-corrected chi connectivity index (χ3v) is 9.30. The number of nitrogens with two attached hydrogens (primary N) is 1. The van der Waals surface area contributed by atoms with Gasteiger partial charge in [-0.2, -0.15) is 0 Å². The molecule has 1 aliphatic heterocycles. The van der Waals surface area contributed by atoms with Crippen LogP contribution in [0.1, 0.15) is 64.2 Å². The van der Waals surface area contributed by atoms with Crippen molar-refractivity contribution in [1.29, 1.82) is 0 Å². The van der Waals surface area contributed by atoms with Crippen LogP contribution in [-0.4, -0.2) is 49.2 Å². The third-order valence-electron chi connectivity index (χ3n) is 9.30. The molecule has 4 N–H and O–H groups in total. The minimum absolute atomic E-state index is 0.0275. The van der Waals surface area contributed by atoms with Crippen LogP contribution >= 0.6 is 0 Å². The van der Waals surface area contributed by atoms with Crippen molar-refractivity contribution in [2.24, 2.45) is 28.9 Å². The van der Waals surface area contributed by atoms with Gasteiger partial charge in [0.15, 0.2) is 0 Å². The van der Waals surface area contributed by atoms with Crippen LogP contribution in [0.2, 0.25) is 0 Å². The van der Waals surface area contributed by atoms with Crippen molar-refractivity contribution in [2.45, 2.75) is 77.6 Å². The summed E-state index contributed by atoms with van der Waals surface area (Å²) in [5.41, 5.74) is 6.24. The topological polar surface area (TPSA) is 112 Å². The Hall–Kier alpha value is -2.88. The average molecular weight is 548 g/mol. The fourth-order valence-corrected chi connectivity index (χ4v) is 6.87. The second-order valence-electron chi connectivity index (χ2n) is 12.8. The molecule has 8 nitrogen and oxygen atoms in total. The van der Waals surface area contributed by atoms with Crippen LogP contribution in [0.15, 0.2) is 54.6 Å². The molecule has 2 aromatic carbocycles. The van der Waals surface area contributed by atoms with Gasteiger partial charge in [0.2, 0.25) is 5.91 Å². The maximum atomic E-state index is 13.4. The van der Waals surface area contributed by atoms with Crippen molar-refractivity contribution in [1.82, 2.24) is 10.6 Å². The largest absolute Gasteiger partial charge is 0.481 e. The maximum Gasteiger partial charge on any atom is 0.481 e. The first kappa shape index (κ1) is 28.6. The lowest BCUT2D eigenvalue weighted by Crippen LogP contribution is -2.65. The Kier molecular flexibility index (Phi) is 8.01. The summed E-state index contributed by atoms with van der Waals surface area (Å²) in [5.74, 6) is 1.63. The van der Waals surface area contributed by atoms with Gasteiger partial charge in [0.1, 0.15) is 17.5 Å². The van der Waals surface area contributed by atoms with E-state index >= 15 is 0 Å². The van der Waals surface area contributed by atoms with Gasteiger partial charge in [-0.25, -0.2) is 0 Å². The molecular formula is C31H42BN3O5. The zero-order valence-corrected chi connectivity index (χ0v) is 24.2. The second-order valence-corrected chi connectivity index (χ2v) is 12.8. The van der Waals surface area contributed by atoms with Crippen LogP contribution in [0.4, 0.5) is 0 Å². The van der Waals surface area contributed by atoms with Crippen molar-refractivity contribution in [3.63, 3.8) is 0 Å². The number of ether oxygens (including phenoxy) is 1. The summed E-state index contributed by atoms with van der Waals surface area (Å²) >= 11 is 0. The maximum absolute atomic E-state index is 13.4. The molecule has 9 heteroatoms. The van der Waals surface area contributed by atoms with E-state index < -0.39 is 13.2 Å². The molecule has 1 saturated heterocycles. The second kappa shape index (κ2) is 11.2. The Bertz CT molecular complexity index is 1210. The van der Waals surface area contributed by atoms with Gasteiger partial charge in [0.05, 0.1) is 17.6 Å². The molecule has 2 bridgehead atoms. The van der Waals surface area contributed by atoms with Crippen LogP contribution < -0.4 is 21.1 Å². The van der Waals surface area contributed by atoms with E-state index in [1.54, 1.807) is 24.3 Å². The number of amides is 2. The smallest absolute Gasteiger partial charge is 0.457 e. The van der Waals surface area contributed by atoms with Crippen LogP contribution in [0.3, 0.4) is 0 Å². The molecule has 40 heavy (non-hydrogen) atoms. The molecule has 6 atom stereocenters. The standard InChI is InChI=1S/C31H42BN3O5/c1-19(2)15-27(32-39-26-17-21-16-25(30(21,3)4)31(26,5)40-32)35-29(37)24(18-33)34-28(36)20-11-13-23(14-12-20)38-22-9-7-6-8-10-22/h6-14,19,21,24-27H,15-18,33H2,1-5H3,(H,34,36)(H,35,37)/t21-,24-,25-,26+,27?,31-/m0/s1. The van der Waals surface area contributed by atoms with Crippen molar-refractivity contribution >= 4 is 18.9 Å². The molecule has 2 amide bonds. The summed E-state index contributed by atoms with van der Waals surface area (Å²) in [6.45, 7) is 11.0. The quantitative estimate of drug-likeness (QED) is 0.382. The number of hydrogen-bond donors (Lipinski definition) is 3. The Morgan fingerprint density at radius 3 is 2.33 bits per heavy atom. The molecule has 6 rings (SSSR count). The number of para-hydroxylation sites is 1. The lowest BCUT2D eigenvalue weighted by Gasteiger charge is -2.64. The number of benzene rings is 2. The molecule has 1 heterocycles. The SMILES string of the molecule is CC(C)CC(NC(=O)[C@H](CN)NC(=O)c1ccc(Oc2ccccc2)cc1)B1O[C@@H]2C[C@@H]3C[C@@H](C3(C)C)[C@]2(C)O1. The van der Waals surface area contributed by atoms with E-state index in [2.05, 4.69) is 45.3 Å². The molecule has 4 fully saturated rings. The zero-order valence-electron chi connectivity index (χ0n) is 24.2. The van der Waals surface area contributed by atoms with Crippen LogP contribution in [-0.2, 0) is 14.1 Å². The first-order valence-corrected chi connectivity index (χ1v) is 14.5. The molecule has 2 aromatic rings. The minimum Gasteiger partial charge on any atom is -0.457 e. The van der Waals surface area contributed by atoms with Gasteiger partial charge in [0, 0.05) is 12.1 Å². The van der Waals surface area contributed by atoms with Gasteiger partial charge >= 0.3 is 7.12 Å². The summed E-state index contributed by atoms with van der Waals surface area (Å²) < 4.78 is 18.9. The minimum atomic E-state index is -0.895. The molecule has 1 unspecified atom stereocenters. The molecule has 0 aromatic heterocycles. The predicted octanol–water partition coefficient (Wildman–Crippen LogP) is 4.33. The van der Waals surface area contributed by atoms with Crippen LogP contribution in [0.25, 0.3) is 0 Å². The van der Waals surface area contributed by atoms with Crippen LogP contribution in [0.5, 0.6) is 11.5 Å². The Labute approximate surface area is 237 Å². The molecule has 3 saturated carbocycles. The number of carbonyl (C=O) groups is 2. The fourth-order valence-electron chi connectivity index (χ4n) is 6.87. The zero-order chi connectivity index (χ0) is 28.7. The van der Waals surface area contributed by atoms with Gasteiger partial charge < -0.3 is 30.4 Å². The molecule has 0 spiro atoms. The summed E-state index contributed by atoms with van der Waals surface area (Å²) in [7, 11) is -0.539. The lowest BCUT2D eigenvalue weighted by molar-refractivity contribution is -0.199. The van der Waals surface area contributed by atoms with E-state index in [0.29, 0.717) is 41.2 Å². The van der Waals surface area contributed by atoms with Crippen LogP contribution in [0, 0.1) is 23.2 Å². The highest BCUT2D eigenvalue weighted by Gasteiger charge is 2.68. The Balaban J connectivity index is 1.21. The summed E-state index contributed by atoms with van der Waals surface area (Å²) in [5, 5.41) is 5.89. The molecule has 3 aliphatic carbocycles. The van der Waals surface area contributed by atoms with Crippen molar-refractivity contribution in [3.8, 4) is 11.5 Å². The van der Waals surface area contributed by atoms with Gasteiger partial charge in [-0.05, 0) is 85.8 Å². The van der Waals surface area contributed by atoms with Crippen molar-refractivity contribution in [3.05, 3.63) is 60.2 Å². The fraction of sp³-hybridized carbons (Fsp3) is 0.548. The van der Waals surface area contributed by atoms with E-state index in [1.165, 1.54) is 0 Å². The van der Waals surface area contributed by atoms with E-state index in [1.807, 2.05) is 30.3 Å². The summed E-state index contributed by atoms with van der Waals surface area (Å²) in [4.78, 5) is 26.4. The number of hydrogen-bond acceptors (Lipinski definition) is 6. The molecule has 0 radical (unpaired) electrons. The molecule has 4 aliphatic rings. The highest BCUT2D eigenvalue weighted by atomic mass is 16.7. The van der Waals surface area contributed by atoms with E-state index in [0.717, 1.165) is 12.8 Å². The molecular weight excluding hydrogens is 505 g/mol. The Morgan fingerprint density at radius 2 is 1.70 bits per heavy atom. The first-order chi connectivity index (χ1) is 19.0. The highest BCUT2D eigenvalue weighted by Crippen LogP contribution is 2.65. The highest BCUT2D eigenvalue weighted by molar-refractivity contribution is 6.48.